The van der Waals surface area contributed by atoms with E-state index in [9.17, 15) is 0 Å². The summed E-state index contributed by atoms with van der Waals surface area (Å²) in [6.07, 6.45) is 0. The van der Waals surface area contributed by atoms with Crippen molar-refractivity contribution in [2.45, 2.75) is 9.88 Å². The van der Waals surface area contributed by atoms with Crippen LogP contribution in [0.2, 0.25) is 9.88 Å². The predicted octanol–water partition coefficient (Wildman–Crippen LogP) is 2.22. The molecular formula is C15H14O2Sn. The third kappa shape index (κ3) is 1.24. The molecule has 90 valence electrons. The molecule has 4 rings (SSSR count). The van der Waals surface area contributed by atoms with Crippen molar-refractivity contribution in [1.82, 2.24) is 0 Å². The first kappa shape index (κ1) is 10.7. The summed E-state index contributed by atoms with van der Waals surface area (Å²) < 4.78 is 14.2. The molecule has 0 bridgehead atoms. The molecule has 0 saturated heterocycles. The number of rotatable bonds is 0. The van der Waals surface area contributed by atoms with E-state index in [1.165, 1.54) is 14.7 Å². The Morgan fingerprint density at radius 2 is 1.61 bits per heavy atom. The van der Waals surface area contributed by atoms with Gasteiger partial charge >= 0.3 is 111 Å². The fourth-order valence-corrected chi connectivity index (χ4v) is 11.8. The van der Waals surface area contributed by atoms with Crippen LogP contribution in [0.3, 0.4) is 0 Å². The molecule has 2 aromatic carbocycles. The van der Waals surface area contributed by atoms with Crippen LogP contribution in [0.1, 0.15) is 0 Å². The first-order chi connectivity index (χ1) is 8.68. The molecule has 2 nitrogen and oxygen atoms in total. The quantitative estimate of drug-likeness (QED) is 0.682. The molecule has 2 aliphatic heterocycles. The van der Waals surface area contributed by atoms with Crippen LogP contribution < -0.4 is 16.6 Å². The maximum atomic E-state index is 5.53. The molecule has 0 spiro atoms. The van der Waals surface area contributed by atoms with E-state index in [-0.39, 0.29) is 0 Å². The van der Waals surface area contributed by atoms with Gasteiger partial charge in [-0.1, -0.05) is 0 Å². The summed E-state index contributed by atoms with van der Waals surface area (Å²) in [7, 11) is 0. The number of fused-ring (bicyclic) bond motifs is 4. The van der Waals surface area contributed by atoms with Crippen molar-refractivity contribution in [3.63, 3.8) is 0 Å². The first-order valence-corrected chi connectivity index (χ1v) is 14.8. The maximum absolute atomic E-state index is 5.53. The molecule has 0 aliphatic carbocycles. The van der Waals surface area contributed by atoms with Crippen molar-refractivity contribution in [1.29, 1.82) is 0 Å². The van der Waals surface area contributed by atoms with Crippen molar-refractivity contribution < 1.29 is 9.47 Å². The molecule has 0 amide bonds. The van der Waals surface area contributed by atoms with E-state index in [0.717, 1.165) is 11.5 Å². The average Bonchev–Trinajstić information content (AvgIpc) is 2.91. The van der Waals surface area contributed by atoms with E-state index >= 15 is 0 Å². The number of benzene rings is 2. The molecule has 0 fully saturated rings. The van der Waals surface area contributed by atoms with Gasteiger partial charge in [0.1, 0.15) is 0 Å². The Morgan fingerprint density at radius 3 is 2.44 bits per heavy atom. The van der Waals surface area contributed by atoms with Crippen molar-refractivity contribution in [3.8, 4) is 22.6 Å². The zero-order valence-electron chi connectivity index (χ0n) is 10.5. The van der Waals surface area contributed by atoms with Gasteiger partial charge in [0.2, 0.25) is 0 Å². The van der Waals surface area contributed by atoms with Gasteiger partial charge in [0.25, 0.3) is 0 Å². The van der Waals surface area contributed by atoms with E-state index in [4.69, 9.17) is 9.47 Å². The topological polar surface area (TPSA) is 18.5 Å². The molecule has 0 unspecified atom stereocenters. The Labute approximate surface area is 110 Å². The summed E-state index contributed by atoms with van der Waals surface area (Å²) in [5.41, 5.74) is 2.78. The molecule has 2 aliphatic rings. The zero-order valence-corrected chi connectivity index (χ0v) is 13.3. The van der Waals surface area contributed by atoms with E-state index in [2.05, 4.69) is 46.3 Å². The van der Waals surface area contributed by atoms with Crippen LogP contribution in [0, 0.1) is 0 Å². The molecule has 0 atom stereocenters. The minimum atomic E-state index is -2.38. The predicted molar refractivity (Wildman–Crippen MR) is 74.8 cm³/mol. The van der Waals surface area contributed by atoms with Crippen LogP contribution in [0.15, 0.2) is 36.4 Å². The summed E-state index contributed by atoms with van der Waals surface area (Å²) in [6.45, 7) is 0.357. The summed E-state index contributed by atoms with van der Waals surface area (Å²) in [6, 6.07) is 13.2. The standard InChI is InChI=1S/C13H8O2.2CH3.Sn/c1-2-4-10(5-3-1)11-6-7-12-13(8-11)15-9-14-12;;;/h1-4,7-8H,9H2;2*1H3;. The monoisotopic (exact) mass is 346 g/mol. The van der Waals surface area contributed by atoms with Crippen LogP contribution in [0.4, 0.5) is 0 Å². The third-order valence-electron chi connectivity index (χ3n) is 4.08. The van der Waals surface area contributed by atoms with Crippen molar-refractivity contribution in [2.24, 2.45) is 0 Å². The van der Waals surface area contributed by atoms with Crippen molar-refractivity contribution in [2.75, 3.05) is 6.79 Å². The van der Waals surface area contributed by atoms with Gasteiger partial charge in [0.15, 0.2) is 0 Å². The second-order valence-electron chi connectivity index (χ2n) is 5.42. The van der Waals surface area contributed by atoms with Gasteiger partial charge in [-0.05, 0) is 0 Å². The Morgan fingerprint density at radius 1 is 0.889 bits per heavy atom. The summed E-state index contributed by atoms with van der Waals surface area (Å²) >= 11 is -2.38. The Kier molecular flexibility index (Phi) is 2.05. The molecule has 0 N–H and O–H groups in total. The summed E-state index contributed by atoms with van der Waals surface area (Å²) in [5.74, 6) is 1.82. The second-order valence-corrected chi connectivity index (χ2v) is 17.8. The molecule has 2 heterocycles. The molecule has 0 aromatic heterocycles. The number of ether oxygens (including phenoxy) is 2. The van der Waals surface area contributed by atoms with Crippen LogP contribution >= 0.6 is 0 Å². The van der Waals surface area contributed by atoms with E-state index in [1.54, 1.807) is 3.58 Å². The van der Waals surface area contributed by atoms with Crippen LogP contribution in [0.5, 0.6) is 11.5 Å². The zero-order chi connectivity index (χ0) is 12.3. The van der Waals surface area contributed by atoms with Crippen LogP contribution in [-0.2, 0) is 0 Å². The van der Waals surface area contributed by atoms with Gasteiger partial charge in [-0.3, -0.25) is 0 Å². The summed E-state index contributed by atoms with van der Waals surface area (Å²) in [5, 5.41) is 0. The van der Waals surface area contributed by atoms with E-state index in [0.29, 0.717) is 6.79 Å². The van der Waals surface area contributed by atoms with Gasteiger partial charge in [0, 0.05) is 0 Å². The molecule has 2 aromatic rings. The Hall–Kier alpha value is -1.16. The van der Waals surface area contributed by atoms with Gasteiger partial charge in [-0.15, -0.1) is 0 Å². The molecule has 3 heteroatoms. The third-order valence-corrected chi connectivity index (χ3v) is 14.2. The number of hydrogen-bond donors (Lipinski definition) is 0. The Bertz CT molecular complexity index is 662. The second kappa shape index (κ2) is 3.44. The SMILES string of the molecule is [CH3][Sn]1([CH3])[c]2ccccc2-c2cc3c(c[c]21)OCO3. The van der Waals surface area contributed by atoms with Gasteiger partial charge in [-0.25, -0.2) is 0 Å². The molecular weight excluding hydrogens is 331 g/mol. The molecule has 0 radical (unpaired) electrons. The van der Waals surface area contributed by atoms with Crippen LogP contribution in [0.25, 0.3) is 11.1 Å². The van der Waals surface area contributed by atoms with E-state index in [1.807, 2.05) is 0 Å². The minimum absolute atomic E-state index is 0.357. The fraction of sp³-hybridized carbons (Fsp3) is 0.200. The fourth-order valence-electron chi connectivity index (χ4n) is 3.09. The normalized spacial score (nSPS) is 17.4. The van der Waals surface area contributed by atoms with Crippen molar-refractivity contribution in [3.05, 3.63) is 36.4 Å². The van der Waals surface area contributed by atoms with Gasteiger partial charge in [-0.2, -0.15) is 0 Å². The van der Waals surface area contributed by atoms with Crippen LogP contribution in [-0.4, -0.2) is 25.2 Å². The van der Waals surface area contributed by atoms with E-state index < -0.39 is 18.4 Å². The summed E-state index contributed by atoms with van der Waals surface area (Å²) in [4.78, 5) is 4.95. The molecule has 18 heavy (non-hydrogen) atoms. The van der Waals surface area contributed by atoms with Gasteiger partial charge < -0.3 is 0 Å². The average molecular weight is 345 g/mol. The molecule has 0 saturated carbocycles. The van der Waals surface area contributed by atoms with Gasteiger partial charge in [0.05, 0.1) is 0 Å². The first-order valence-electron chi connectivity index (χ1n) is 6.22. The Balaban J connectivity index is 2.07. The van der Waals surface area contributed by atoms with Crippen molar-refractivity contribution >= 4 is 25.5 Å². The number of hydrogen-bond acceptors (Lipinski definition) is 2.